The number of nitrogens with one attached hydrogen (secondary N) is 2. The van der Waals surface area contributed by atoms with Gasteiger partial charge in [-0.2, -0.15) is 0 Å². The summed E-state index contributed by atoms with van der Waals surface area (Å²) in [5.41, 5.74) is 0.922. The lowest BCUT2D eigenvalue weighted by atomic mass is 10.2. The maximum atomic E-state index is 11.6. The number of carbonyl (C=O) groups excluding carboxylic acids is 1. The van der Waals surface area contributed by atoms with E-state index in [2.05, 4.69) is 10.6 Å². The fourth-order valence-corrected chi connectivity index (χ4v) is 2.03. The van der Waals surface area contributed by atoms with Gasteiger partial charge in [-0.25, -0.2) is 4.79 Å². The monoisotopic (exact) mass is 312 g/mol. The molecule has 6 heteroatoms. The molecule has 0 saturated heterocycles. The number of carbonyl (C=O) groups is 1. The van der Waals surface area contributed by atoms with Crippen molar-refractivity contribution in [2.45, 2.75) is 25.5 Å². The molecule has 0 heterocycles. The van der Waals surface area contributed by atoms with E-state index in [0.29, 0.717) is 24.1 Å². The Bertz CT molecular complexity index is 466. The van der Waals surface area contributed by atoms with Gasteiger partial charge < -0.3 is 20.5 Å². The van der Waals surface area contributed by atoms with E-state index in [-0.39, 0.29) is 19.2 Å². The van der Waals surface area contributed by atoms with Crippen molar-refractivity contribution >= 4 is 17.6 Å². The highest BCUT2D eigenvalue weighted by atomic mass is 35.5. The summed E-state index contributed by atoms with van der Waals surface area (Å²) in [6, 6.07) is 6.97. The van der Waals surface area contributed by atoms with Gasteiger partial charge in [0.05, 0.1) is 12.7 Å². The van der Waals surface area contributed by atoms with Crippen LogP contribution in [0.15, 0.2) is 24.3 Å². The molecular weight excluding hydrogens is 292 g/mol. The van der Waals surface area contributed by atoms with Gasteiger partial charge in [0.2, 0.25) is 0 Å². The van der Waals surface area contributed by atoms with Crippen LogP contribution < -0.4 is 10.6 Å². The van der Waals surface area contributed by atoms with Crippen molar-refractivity contribution in [2.24, 2.45) is 5.92 Å². The summed E-state index contributed by atoms with van der Waals surface area (Å²) in [6.45, 7) is 1.52. The Kier molecular flexibility index (Phi) is 6.29. The van der Waals surface area contributed by atoms with Crippen LogP contribution in [0.4, 0.5) is 4.79 Å². The topological polar surface area (TPSA) is 70.6 Å². The zero-order chi connectivity index (χ0) is 15.1. The molecule has 1 fully saturated rings. The summed E-state index contributed by atoms with van der Waals surface area (Å²) in [5.74, 6) is 0.672. The van der Waals surface area contributed by atoms with Crippen molar-refractivity contribution in [3.8, 4) is 0 Å². The van der Waals surface area contributed by atoms with Crippen LogP contribution in [0.5, 0.6) is 0 Å². The van der Waals surface area contributed by atoms with Crippen LogP contribution in [-0.2, 0) is 11.3 Å². The highest BCUT2D eigenvalue weighted by Gasteiger charge is 2.21. The van der Waals surface area contributed by atoms with E-state index in [1.807, 2.05) is 12.1 Å². The van der Waals surface area contributed by atoms with Crippen LogP contribution in [0, 0.1) is 5.92 Å². The average Bonchev–Trinajstić information content (AvgIpc) is 3.27. The van der Waals surface area contributed by atoms with Crippen molar-refractivity contribution in [1.29, 1.82) is 0 Å². The van der Waals surface area contributed by atoms with E-state index in [4.69, 9.17) is 16.3 Å². The predicted octanol–water partition coefficient (Wildman–Crippen LogP) is 1.93. The number of aliphatic hydroxyl groups is 1. The first-order valence-corrected chi connectivity index (χ1v) is 7.53. The summed E-state index contributed by atoms with van der Waals surface area (Å²) in [4.78, 5) is 11.6. The Hall–Kier alpha value is -1.30. The van der Waals surface area contributed by atoms with Crippen molar-refractivity contribution in [3.05, 3.63) is 34.9 Å². The molecular formula is C15H21ClN2O3. The largest absolute Gasteiger partial charge is 0.389 e. The SMILES string of the molecule is O=C(NCc1cccc(Cl)c1)NCC(O)COCC1CC1. The molecule has 5 nitrogen and oxygen atoms in total. The molecule has 1 atom stereocenters. The number of benzene rings is 1. The van der Waals surface area contributed by atoms with Crippen molar-refractivity contribution in [1.82, 2.24) is 10.6 Å². The lowest BCUT2D eigenvalue weighted by Gasteiger charge is -2.13. The summed E-state index contributed by atoms with van der Waals surface area (Å²) in [5, 5.41) is 15.6. The van der Waals surface area contributed by atoms with Crippen LogP contribution in [0.25, 0.3) is 0 Å². The van der Waals surface area contributed by atoms with E-state index >= 15 is 0 Å². The highest BCUT2D eigenvalue weighted by molar-refractivity contribution is 6.30. The Balaban J connectivity index is 1.55. The predicted molar refractivity (Wildman–Crippen MR) is 81.2 cm³/mol. The number of hydrogen-bond donors (Lipinski definition) is 3. The molecule has 1 aromatic rings. The number of halogens is 1. The quantitative estimate of drug-likeness (QED) is 0.687. The van der Waals surface area contributed by atoms with Crippen molar-refractivity contribution < 1.29 is 14.6 Å². The first-order chi connectivity index (χ1) is 10.1. The third kappa shape index (κ3) is 6.80. The minimum Gasteiger partial charge on any atom is -0.389 e. The molecule has 2 rings (SSSR count). The maximum Gasteiger partial charge on any atom is 0.315 e. The molecule has 116 valence electrons. The highest BCUT2D eigenvalue weighted by Crippen LogP contribution is 2.28. The zero-order valence-electron chi connectivity index (χ0n) is 11.8. The van der Waals surface area contributed by atoms with Gasteiger partial charge in [0.15, 0.2) is 0 Å². The number of amides is 2. The normalized spacial score (nSPS) is 15.5. The van der Waals surface area contributed by atoms with E-state index in [1.54, 1.807) is 12.1 Å². The Morgan fingerprint density at radius 3 is 2.95 bits per heavy atom. The molecule has 0 aromatic heterocycles. The molecule has 3 N–H and O–H groups in total. The zero-order valence-corrected chi connectivity index (χ0v) is 12.6. The van der Waals surface area contributed by atoms with Gasteiger partial charge in [-0.3, -0.25) is 0 Å². The Morgan fingerprint density at radius 1 is 1.43 bits per heavy atom. The number of ether oxygens (including phenoxy) is 1. The number of hydrogen-bond acceptors (Lipinski definition) is 3. The van der Waals surface area contributed by atoms with Crippen molar-refractivity contribution in [2.75, 3.05) is 19.8 Å². The van der Waals surface area contributed by atoms with E-state index in [0.717, 1.165) is 5.56 Å². The Morgan fingerprint density at radius 2 is 2.24 bits per heavy atom. The fraction of sp³-hybridized carbons (Fsp3) is 0.533. The average molecular weight is 313 g/mol. The number of rotatable bonds is 8. The fourth-order valence-electron chi connectivity index (χ4n) is 1.82. The van der Waals surface area contributed by atoms with Crippen LogP contribution in [0.3, 0.4) is 0 Å². The van der Waals surface area contributed by atoms with Gasteiger partial charge >= 0.3 is 6.03 Å². The second kappa shape index (κ2) is 8.22. The molecule has 21 heavy (non-hydrogen) atoms. The van der Waals surface area contributed by atoms with Crippen LogP contribution in [0.1, 0.15) is 18.4 Å². The van der Waals surface area contributed by atoms with Gasteiger partial charge in [-0.15, -0.1) is 0 Å². The first-order valence-electron chi connectivity index (χ1n) is 7.15. The van der Waals surface area contributed by atoms with E-state index < -0.39 is 6.10 Å². The smallest absolute Gasteiger partial charge is 0.315 e. The van der Waals surface area contributed by atoms with Crippen LogP contribution in [0.2, 0.25) is 5.02 Å². The lowest BCUT2D eigenvalue weighted by Crippen LogP contribution is -2.40. The molecule has 0 bridgehead atoms. The summed E-state index contributed by atoms with van der Waals surface area (Å²) < 4.78 is 5.36. The molecule has 2 amide bonds. The van der Waals surface area contributed by atoms with Gasteiger partial charge in [0.25, 0.3) is 0 Å². The summed E-state index contributed by atoms with van der Waals surface area (Å²) in [7, 11) is 0. The molecule has 0 spiro atoms. The second-order valence-electron chi connectivity index (χ2n) is 5.33. The molecule has 1 aliphatic carbocycles. The van der Waals surface area contributed by atoms with Crippen LogP contribution in [-0.4, -0.2) is 37.0 Å². The summed E-state index contributed by atoms with van der Waals surface area (Å²) >= 11 is 5.86. The number of urea groups is 1. The molecule has 0 radical (unpaired) electrons. The van der Waals surface area contributed by atoms with Gasteiger partial charge in [0, 0.05) is 24.7 Å². The minimum absolute atomic E-state index is 0.173. The lowest BCUT2D eigenvalue weighted by molar-refractivity contribution is 0.0337. The maximum absolute atomic E-state index is 11.6. The van der Waals surface area contributed by atoms with E-state index in [9.17, 15) is 9.90 Å². The van der Waals surface area contributed by atoms with Crippen molar-refractivity contribution in [3.63, 3.8) is 0 Å². The molecule has 1 aromatic carbocycles. The molecule has 1 saturated carbocycles. The van der Waals surface area contributed by atoms with Gasteiger partial charge in [0.1, 0.15) is 0 Å². The molecule has 1 aliphatic rings. The third-order valence-electron chi connectivity index (χ3n) is 3.20. The van der Waals surface area contributed by atoms with Crippen LogP contribution >= 0.6 is 11.6 Å². The molecule has 0 aliphatic heterocycles. The molecule has 1 unspecified atom stereocenters. The number of aliphatic hydroxyl groups excluding tert-OH is 1. The standard InChI is InChI=1S/C15H21ClN2O3/c16-13-3-1-2-12(6-13)7-17-15(20)18-8-14(19)10-21-9-11-4-5-11/h1-3,6,11,14,19H,4-5,7-10H2,(H2,17,18,20). The Labute approximate surface area is 129 Å². The van der Waals surface area contributed by atoms with E-state index in [1.165, 1.54) is 12.8 Å². The summed E-state index contributed by atoms with van der Waals surface area (Å²) in [6.07, 6.45) is 1.77. The second-order valence-corrected chi connectivity index (χ2v) is 5.76. The van der Waals surface area contributed by atoms with Gasteiger partial charge in [-0.05, 0) is 36.5 Å². The minimum atomic E-state index is -0.680. The van der Waals surface area contributed by atoms with Gasteiger partial charge in [-0.1, -0.05) is 23.7 Å². The third-order valence-corrected chi connectivity index (χ3v) is 3.44. The first kappa shape index (κ1) is 16.1.